The van der Waals surface area contributed by atoms with Crippen LogP contribution < -0.4 is 10.6 Å². The Balaban J connectivity index is 2.20. The zero-order valence-electron chi connectivity index (χ0n) is 11.1. The molecule has 1 amide bonds. The van der Waals surface area contributed by atoms with E-state index in [9.17, 15) is 4.79 Å². The van der Waals surface area contributed by atoms with Gasteiger partial charge in [0.2, 0.25) is 5.91 Å². The Morgan fingerprint density at radius 1 is 1.53 bits per heavy atom. The van der Waals surface area contributed by atoms with Gasteiger partial charge in [-0.15, -0.1) is 0 Å². The van der Waals surface area contributed by atoms with Crippen molar-refractivity contribution in [1.29, 1.82) is 0 Å². The monoisotopic (exact) mass is 344 g/mol. The molecule has 0 saturated carbocycles. The van der Waals surface area contributed by atoms with E-state index in [2.05, 4.69) is 40.4 Å². The number of benzene rings is 1. The number of hydrogen-bond donors (Lipinski definition) is 2. The fraction of sp³-hybridized carbons (Fsp3) is 0.500. The minimum absolute atomic E-state index is 0.0792. The van der Waals surface area contributed by atoms with Crippen molar-refractivity contribution >= 4 is 39.1 Å². The van der Waals surface area contributed by atoms with Gasteiger partial charge in [0, 0.05) is 16.0 Å². The first-order valence-corrected chi connectivity index (χ1v) is 7.60. The van der Waals surface area contributed by atoms with Crippen LogP contribution in [0.3, 0.4) is 0 Å². The third kappa shape index (κ3) is 2.96. The second kappa shape index (κ2) is 5.81. The predicted octanol–water partition coefficient (Wildman–Crippen LogP) is 3.68. The highest BCUT2D eigenvalue weighted by Crippen LogP contribution is 2.36. The summed E-state index contributed by atoms with van der Waals surface area (Å²) in [5.41, 5.74) is 0.445. The average Bonchev–Trinajstić information content (AvgIpc) is 2.83. The minimum atomic E-state index is -0.320. The lowest BCUT2D eigenvalue weighted by atomic mass is 9.75. The van der Waals surface area contributed by atoms with E-state index in [1.807, 2.05) is 6.07 Å². The number of nitrogens with one attached hydrogen (secondary N) is 2. The maximum Gasteiger partial charge on any atom is 0.232 e. The Morgan fingerprint density at radius 3 is 2.79 bits per heavy atom. The molecule has 0 bridgehead atoms. The average molecular weight is 346 g/mol. The molecule has 2 N–H and O–H groups in total. The fourth-order valence-electron chi connectivity index (χ4n) is 2.50. The lowest BCUT2D eigenvalue weighted by molar-refractivity contribution is -0.126. The van der Waals surface area contributed by atoms with Gasteiger partial charge in [-0.1, -0.05) is 25.4 Å². The Hall–Kier alpha value is -0.580. The molecule has 104 valence electrons. The van der Waals surface area contributed by atoms with Crippen LogP contribution in [0.2, 0.25) is 5.02 Å². The van der Waals surface area contributed by atoms with Crippen molar-refractivity contribution < 1.29 is 4.79 Å². The van der Waals surface area contributed by atoms with Crippen LogP contribution in [0.25, 0.3) is 0 Å². The zero-order valence-corrected chi connectivity index (χ0v) is 13.4. The van der Waals surface area contributed by atoms with Gasteiger partial charge in [0.15, 0.2) is 0 Å². The standard InChI is InChI=1S/C14H18BrClN2O/c1-9(2)14(5-6-17-8-14)13(19)18-12-4-3-10(16)7-11(12)15/h3-4,7,9,17H,5-6,8H2,1-2H3,(H,18,19). The topological polar surface area (TPSA) is 41.1 Å². The molecule has 0 radical (unpaired) electrons. The van der Waals surface area contributed by atoms with E-state index in [1.54, 1.807) is 12.1 Å². The third-order valence-electron chi connectivity index (χ3n) is 3.93. The summed E-state index contributed by atoms with van der Waals surface area (Å²) in [6, 6.07) is 5.38. The van der Waals surface area contributed by atoms with Crippen molar-refractivity contribution in [3.8, 4) is 0 Å². The van der Waals surface area contributed by atoms with Crippen LogP contribution in [-0.2, 0) is 4.79 Å². The molecule has 1 heterocycles. The highest BCUT2D eigenvalue weighted by atomic mass is 79.9. The van der Waals surface area contributed by atoms with Crippen LogP contribution in [0, 0.1) is 11.3 Å². The Labute approximate surface area is 127 Å². The van der Waals surface area contributed by atoms with Crippen molar-refractivity contribution in [2.24, 2.45) is 11.3 Å². The summed E-state index contributed by atoms with van der Waals surface area (Å²) in [4.78, 5) is 12.6. The van der Waals surface area contributed by atoms with Crippen molar-refractivity contribution in [3.63, 3.8) is 0 Å². The van der Waals surface area contributed by atoms with Crippen LogP contribution in [0.4, 0.5) is 5.69 Å². The highest BCUT2D eigenvalue weighted by molar-refractivity contribution is 9.10. The maximum absolute atomic E-state index is 12.6. The second-order valence-electron chi connectivity index (χ2n) is 5.32. The molecular formula is C14H18BrClN2O. The molecule has 1 aliphatic heterocycles. The minimum Gasteiger partial charge on any atom is -0.325 e. The van der Waals surface area contributed by atoms with Gasteiger partial charge >= 0.3 is 0 Å². The van der Waals surface area contributed by atoms with Crippen LogP contribution in [0.1, 0.15) is 20.3 Å². The maximum atomic E-state index is 12.6. The lowest BCUT2D eigenvalue weighted by Gasteiger charge is -2.31. The van der Waals surface area contributed by atoms with E-state index < -0.39 is 0 Å². The number of amides is 1. The summed E-state index contributed by atoms with van der Waals surface area (Å²) >= 11 is 9.33. The van der Waals surface area contributed by atoms with E-state index in [1.165, 1.54) is 0 Å². The zero-order chi connectivity index (χ0) is 14.0. The molecule has 5 heteroatoms. The largest absolute Gasteiger partial charge is 0.325 e. The summed E-state index contributed by atoms with van der Waals surface area (Å²) in [7, 11) is 0. The van der Waals surface area contributed by atoms with Gasteiger partial charge in [-0.3, -0.25) is 4.79 Å². The van der Waals surface area contributed by atoms with Gasteiger partial charge in [0.25, 0.3) is 0 Å². The van der Waals surface area contributed by atoms with Gasteiger partial charge in [-0.2, -0.15) is 0 Å². The molecule has 1 aliphatic rings. The summed E-state index contributed by atoms with van der Waals surface area (Å²) in [5, 5.41) is 6.95. The number of carbonyl (C=O) groups is 1. The number of anilines is 1. The van der Waals surface area contributed by atoms with E-state index in [-0.39, 0.29) is 11.3 Å². The van der Waals surface area contributed by atoms with E-state index in [0.29, 0.717) is 10.9 Å². The summed E-state index contributed by atoms with van der Waals surface area (Å²) in [5.74, 6) is 0.379. The number of halogens is 2. The molecule has 1 unspecified atom stereocenters. The first-order valence-electron chi connectivity index (χ1n) is 6.43. The Morgan fingerprint density at radius 2 is 2.26 bits per heavy atom. The summed E-state index contributed by atoms with van der Waals surface area (Å²) in [6.45, 7) is 5.84. The molecule has 19 heavy (non-hydrogen) atoms. The summed E-state index contributed by atoms with van der Waals surface area (Å²) < 4.78 is 0.804. The quantitative estimate of drug-likeness (QED) is 0.877. The molecule has 1 fully saturated rings. The number of hydrogen-bond acceptors (Lipinski definition) is 2. The van der Waals surface area contributed by atoms with E-state index >= 15 is 0 Å². The van der Waals surface area contributed by atoms with Gasteiger partial charge in [-0.05, 0) is 53.0 Å². The number of rotatable bonds is 3. The molecule has 0 aliphatic carbocycles. The lowest BCUT2D eigenvalue weighted by Crippen LogP contribution is -2.42. The number of carbonyl (C=O) groups excluding carboxylic acids is 1. The second-order valence-corrected chi connectivity index (χ2v) is 6.61. The Kier molecular flexibility index (Phi) is 4.54. The molecule has 0 spiro atoms. The van der Waals surface area contributed by atoms with Crippen molar-refractivity contribution in [2.45, 2.75) is 20.3 Å². The molecule has 3 nitrogen and oxygen atoms in total. The normalized spacial score (nSPS) is 22.8. The SMILES string of the molecule is CC(C)C1(C(=O)Nc2ccc(Cl)cc2Br)CCNC1. The molecule has 1 aromatic rings. The Bertz CT molecular complexity index is 484. The molecule has 2 rings (SSSR count). The third-order valence-corrected chi connectivity index (χ3v) is 4.82. The van der Waals surface area contributed by atoms with Crippen molar-refractivity contribution in [3.05, 3.63) is 27.7 Å². The molecular weight excluding hydrogens is 328 g/mol. The van der Waals surface area contributed by atoms with Crippen molar-refractivity contribution in [2.75, 3.05) is 18.4 Å². The summed E-state index contributed by atoms with van der Waals surface area (Å²) in [6.07, 6.45) is 0.877. The smallest absolute Gasteiger partial charge is 0.232 e. The molecule has 1 atom stereocenters. The highest BCUT2D eigenvalue weighted by Gasteiger charge is 2.43. The van der Waals surface area contributed by atoms with Crippen LogP contribution >= 0.6 is 27.5 Å². The van der Waals surface area contributed by atoms with Crippen LogP contribution in [0.5, 0.6) is 0 Å². The van der Waals surface area contributed by atoms with E-state index in [0.717, 1.165) is 29.7 Å². The fourth-order valence-corrected chi connectivity index (χ4v) is 3.28. The first-order chi connectivity index (χ1) is 8.95. The van der Waals surface area contributed by atoms with Gasteiger partial charge < -0.3 is 10.6 Å². The predicted molar refractivity (Wildman–Crippen MR) is 82.5 cm³/mol. The molecule has 0 aromatic heterocycles. The van der Waals surface area contributed by atoms with Crippen molar-refractivity contribution in [1.82, 2.24) is 5.32 Å². The van der Waals surface area contributed by atoms with Gasteiger partial charge in [-0.25, -0.2) is 0 Å². The van der Waals surface area contributed by atoms with Gasteiger partial charge in [0.1, 0.15) is 0 Å². The molecule has 1 aromatic carbocycles. The first kappa shape index (κ1) is 14.8. The van der Waals surface area contributed by atoms with E-state index in [4.69, 9.17) is 11.6 Å². The molecule has 1 saturated heterocycles. The van der Waals surface area contributed by atoms with Gasteiger partial charge in [0.05, 0.1) is 11.1 Å². The van der Waals surface area contributed by atoms with Crippen LogP contribution in [0.15, 0.2) is 22.7 Å². The van der Waals surface area contributed by atoms with Crippen LogP contribution in [-0.4, -0.2) is 19.0 Å².